The van der Waals surface area contributed by atoms with Gasteiger partial charge in [-0.25, -0.2) is 0 Å². The predicted octanol–water partition coefficient (Wildman–Crippen LogP) is 4.51. The minimum absolute atomic E-state index is 0.0517. The van der Waals surface area contributed by atoms with Gasteiger partial charge >= 0.3 is 0 Å². The number of unbranched alkanes of at least 4 members (excludes halogenated alkanes) is 1. The summed E-state index contributed by atoms with van der Waals surface area (Å²) in [5.41, 5.74) is 0.516. The Morgan fingerprint density at radius 1 is 1.11 bits per heavy atom. The Morgan fingerprint density at radius 3 is 2.21 bits per heavy atom. The Bertz CT molecular complexity index is 430. The molecule has 0 bridgehead atoms. The number of ketones is 1. The molecule has 0 atom stereocenters. The van der Waals surface area contributed by atoms with Gasteiger partial charge in [-0.3, -0.25) is 4.79 Å². The molecule has 0 aliphatic rings. The Labute approximate surface area is 119 Å². The molecule has 3 nitrogen and oxygen atoms in total. The molecule has 4 heteroatoms. The van der Waals surface area contributed by atoms with Crippen LogP contribution >= 0.6 is 11.6 Å². The highest BCUT2D eigenvalue weighted by molar-refractivity contribution is 6.34. The summed E-state index contributed by atoms with van der Waals surface area (Å²) in [6, 6.07) is 3.35. The van der Waals surface area contributed by atoms with Gasteiger partial charge in [0.05, 0.1) is 18.2 Å². The van der Waals surface area contributed by atoms with Crippen molar-refractivity contribution in [2.24, 2.45) is 0 Å². The average molecular weight is 285 g/mol. The molecule has 1 aromatic rings. The van der Waals surface area contributed by atoms with Crippen molar-refractivity contribution in [3.05, 3.63) is 22.7 Å². The number of ether oxygens (including phenoxy) is 2. The van der Waals surface area contributed by atoms with E-state index in [0.717, 1.165) is 12.8 Å². The largest absolute Gasteiger partial charge is 0.490 e. The maximum absolute atomic E-state index is 12.1. The van der Waals surface area contributed by atoms with E-state index < -0.39 is 0 Å². The minimum atomic E-state index is 0.0517. The van der Waals surface area contributed by atoms with Gasteiger partial charge in [0.15, 0.2) is 17.3 Å². The normalized spacial score (nSPS) is 10.3. The Balaban J connectivity index is 3.05. The summed E-state index contributed by atoms with van der Waals surface area (Å²) in [5, 5.41) is 0.424. The maximum atomic E-state index is 12.1. The molecule has 0 N–H and O–H groups in total. The molecule has 0 saturated heterocycles. The number of rotatable bonds is 8. The van der Waals surface area contributed by atoms with Crippen molar-refractivity contribution in [1.29, 1.82) is 0 Å². The van der Waals surface area contributed by atoms with Crippen molar-refractivity contribution in [2.45, 2.75) is 40.0 Å². The minimum Gasteiger partial charge on any atom is -0.490 e. The van der Waals surface area contributed by atoms with E-state index in [0.29, 0.717) is 41.7 Å². The molecule has 0 saturated carbocycles. The molecular formula is C15H21ClO3. The van der Waals surface area contributed by atoms with Gasteiger partial charge in [-0.1, -0.05) is 24.9 Å². The molecule has 19 heavy (non-hydrogen) atoms. The standard InChI is InChI=1S/C15H21ClO3/c1-4-7-8-13(17)11-9-14(18-5-2)15(19-6-3)10-12(11)16/h9-10H,4-8H2,1-3H3. The molecule has 0 aliphatic carbocycles. The summed E-state index contributed by atoms with van der Waals surface area (Å²) in [4.78, 5) is 12.1. The van der Waals surface area contributed by atoms with Crippen LogP contribution in [-0.2, 0) is 0 Å². The number of Topliss-reactive ketones (excluding diaryl/α,β-unsaturated/α-hetero) is 1. The number of carbonyl (C=O) groups is 1. The quantitative estimate of drug-likeness (QED) is 0.659. The Kier molecular flexibility index (Phi) is 6.71. The first-order valence-electron chi connectivity index (χ1n) is 6.76. The first-order valence-corrected chi connectivity index (χ1v) is 7.14. The monoisotopic (exact) mass is 284 g/mol. The van der Waals surface area contributed by atoms with Crippen LogP contribution in [0.3, 0.4) is 0 Å². The van der Waals surface area contributed by atoms with Gasteiger partial charge in [0.25, 0.3) is 0 Å². The molecule has 0 aliphatic heterocycles. The molecule has 0 heterocycles. The van der Waals surface area contributed by atoms with Crippen LogP contribution in [0.5, 0.6) is 11.5 Å². The zero-order chi connectivity index (χ0) is 14.3. The number of hydrogen-bond acceptors (Lipinski definition) is 3. The number of carbonyl (C=O) groups excluding carboxylic acids is 1. The lowest BCUT2D eigenvalue weighted by molar-refractivity contribution is 0.0979. The smallest absolute Gasteiger partial charge is 0.164 e. The second-order valence-corrected chi connectivity index (χ2v) is 4.58. The molecule has 106 valence electrons. The van der Waals surface area contributed by atoms with Crippen molar-refractivity contribution in [3.63, 3.8) is 0 Å². The van der Waals surface area contributed by atoms with Crippen LogP contribution in [0.15, 0.2) is 12.1 Å². The van der Waals surface area contributed by atoms with Crippen LogP contribution in [0.4, 0.5) is 0 Å². The van der Waals surface area contributed by atoms with Crippen LogP contribution in [0.1, 0.15) is 50.4 Å². The summed E-state index contributed by atoms with van der Waals surface area (Å²) in [6.07, 6.45) is 2.36. The van der Waals surface area contributed by atoms with E-state index in [1.54, 1.807) is 12.1 Å². The molecule has 0 fully saturated rings. The third-order valence-corrected chi connectivity index (χ3v) is 3.00. The van der Waals surface area contributed by atoms with Gasteiger partial charge in [-0.2, -0.15) is 0 Å². The van der Waals surface area contributed by atoms with Gasteiger partial charge in [0.2, 0.25) is 0 Å². The third-order valence-electron chi connectivity index (χ3n) is 2.69. The average Bonchev–Trinajstić information content (AvgIpc) is 2.39. The fourth-order valence-corrected chi connectivity index (χ4v) is 2.02. The summed E-state index contributed by atoms with van der Waals surface area (Å²) < 4.78 is 11.0. The second-order valence-electron chi connectivity index (χ2n) is 4.17. The highest BCUT2D eigenvalue weighted by atomic mass is 35.5. The van der Waals surface area contributed by atoms with Crippen LogP contribution < -0.4 is 9.47 Å². The topological polar surface area (TPSA) is 35.5 Å². The highest BCUT2D eigenvalue weighted by Gasteiger charge is 2.15. The molecule has 0 radical (unpaired) electrons. The van der Waals surface area contributed by atoms with E-state index in [4.69, 9.17) is 21.1 Å². The van der Waals surface area contributed by atoms with E-state index >= 15 is 0 Å². The van der Waals surface area contributed by atoms with Crippen LogP contribution in [-0.4, -0.2) is 19.0 Å². The van der Waals surface area contributed by atoms with Crippen molar-refractivity contribution < 1.29 is 14.3 Å². The maximum Gasteiger partial charge on any atom is 0.164 e. The summed E-state index contributed by atoms with van der Waals surface area (Å²) in [7, 11) is 0. The van der Waals surface area contributed by atoms with E-state index in [2.05, 4.69) is 6.92 Å². The fraction of sp³-hybridized carbons (Fsp3) is 0.533. The zero-order valence-corrected chi connectivity index (χ0v) is 12.5. The molecule has 1 aromatic carbocycles. The van der Waals surface area contributed by atoms with Gasteiger partial charge in [0.1, 0.15) is 0 Å². The lowest BCUT2D eigenvalue weighted by Crippen LogP contribution is -2.04. The molecular weight excluding hydrogens is 264 g/mol. The molecule has 0 unspecified atom stereocenters. The van der Waals surface area contributed by atoms with Crippen molar-refractivity contribution in [2.75, 3.05) is 13.2 Å². The van der Waals surface area contributed by atoms with E-state index in [1.165, 1.54) is 0 Å². The van der Waals surface area contributed by atoms with Crippen molar-refractivity contribution >= 4 is 17.4 Å². The first kappa shape index (κ1) is 15.8. The summed E-state index contributed by atoms with van der Waals surface area (Å²) >= 11 is 6.15. The SMILES string of the molecule is CCCCC(=O)c1cc(OCC)c(OCC)cc1Cl. The Morgan fingerprint density at radius 2 is 1.68 bits per heavy atom. The number of halogens is 1. The third kappa shape index (κ3) is 4.43. The molecule has 0 amide bonds. The predicted molar refractivity (Wildman–Crippen MR) is 77.6 cm³/mol. The fourth-order valence-electron chi connectivity index (χ4n) is 1.76. The van der Waals surface area contributed by atoms with Crippen LogP contribution in [0.2, 0.25) is 5.02 Å². The van der Waals surface area contributed by atoms with E-state index in [9.17, 15) is 4.79 Å². The van der Waals surface area contributed by atoms with Crippen LogP contribution in [0, 0.1) is 0 Å². The van der Waals surface area contributed by atoms with Crippen LogP contribution in [0.25, 0.3) is 0 Å². The van der Waals surface area contributed by atoms with E-state index in [1.807, 2.05) is 13.8 Å². The molecule has 0 aromatic heterocycles. The number of benzene rings is 1. The summed E-state index contributed by atoms with van der Waals surface area (Å²) in [6.45, 7) is 6.88. The van der Waals surface area contributed by atoms with Gasteiger partial charge in [-0.15, -0.1) is 0 Å². The number of hydrogen-bond donors (Lipinski definition) is 0. The lowest BCUT2D eigenvalue weighted by Gasteiger charge is -2.13. The van der Waals surface area contributed by atoms with Gasteiger partial charge < -0.3 is 9.47 Å². The van der Waals surface area contributed by atoms with Crippen molar-refractivity contribution in [1.82, 2.24) is 0 Å². The zero-order valence-electron chi connectivity index (χ0n) is 11.8. The van der Waals surface area contributed by atoms with Gasteiger partial charge in [-0.05, 0) is 26.3 Å². The molecule has 1 rings (SSSR count). The van der Waals surface area contributed by atoms with E-state index in [-0.39, 0.29) is 5.78 Å². The summed E-state index contributed by atoms with van der Waals surface area (Å²) in [5.74, 6) is 1.21. The molecule has 0 spiro atoms. The van der Waals surface area contributed by atoms with Gasteiger partial charge in [0, 0.05) is 18.1 Å². The lowest BCUT2D eigenvalue weighted by atomic mass is 10.0. The highest BCUT2D eigenvalue weighted by Crippen LogP contribution is 2.34. The second kappa shape index (κ2) is 8.05. The van der Waals surface area contributed by atoms with Crippen molar-refractivity contribution in [3.8, 4) is 11.5 Å². The first-order chi connectivity index (χ1) is 9.13. The Hall–Kier alpha value is -1.22.